The highest BCUT2D eigenvalue weighted by Crippen LogP contribution is 2.43. The zero-order chi connectivity index (χ0) is 31.6. The number of pyridine rings is 2. The van der Waals surface area contributed by atoms with Gasteiger partial charge in [0.2, 0.25) is 0 Å². The lowest BCUT2D eigenvalue weighted by molar-refractivity contribution is 1.18. The quantitative estimate of drug-likeness (QED) is 0.198. The Morgan fingerprint density at radius 3 is 1.29 bits per heavy atom. The van der Waals surface area contributed by atoms with Crippen molar-refractivity contribution in [3.8, 4) is 33.6 Å². The number of rotatable bonds is 4. The van der Waals surface area contributed by atoms with E-state index in [1.807, 2.05) is 36.9 Å². The van der Waals surface area contributed by atoms with Crippen molar-refractivity contribution >= 4 is 54.4 Å². The molecule has 0 atom stereocenters. The maximum atomic E-state index is 4.46. The van der Waals surface area contributed by atoms with Gasteiger partial charge in [0.15, 0.2) is 0 Å². The molecule has 10 aromatic rings. The van der Waals surface area contributed by atoms with Crippen LogP contribution in [-0.4, -0.2) is 19.1 Å². The summed E-state index contributed by atoms with van der Waals surface area (Å²) in [5.41, 5.74) is 11.4. The van der Waals surface area contributed by atoms with Gasteiger partial charge in [0.05, 0.1) is 22.1 Å². The summed E-state index contributed by atoms with van der Waals surface area (Å²) in [6.07, 6.45) is 7.52. The van der Waals surface area contributed by atoms with Crippen LogP contribution in [0.4, 0.5) is 0 Å². The van der Waals surface area contributed by atoms with Gasteiger partial charge in [-0.2, -0.15) is 0 Å². The van der Waals surface area contributed by atoms with E-state index in [9.17, 15) is 0 Å². The fourth-order valence-electron chi connectivity index (χ4n) is 7.58. The molecule has 0 aliphatic carbocycles. The summed E-state index contributed by atoms with van der Waals surface area (Å²) in [6, 6.07) is 52.5. The fourth-order valence-corrected chi connectivity index (χ4v) is 7.58. The van der Waals surface area contributed by atoms with Crippen molar-refractivity contribution in [3.63, 3.8) is 0 Å². The second-order valence-corrected chi connectivity index (χ2v) is 12.3. The maximum Gasteiger partial charge on any atom is 0.0620 e. The van der Waals surface area contributed by atoms with Crippen LogP contribution in [0.5, 0.6) is 0 Å². The van der Waals surface area contributed by atoms with Crippen molar-refractivity contribution in [2.75, 3.05) is 0 Å². The van der Waals surface area contributed by atoms with Gasteiger partial charge in [-0.05, 0) is 65.7 Å². The van der Waals surface area contributed by atoms with Crippen LogP contribution in [0.15, 0.2) is 170 Å². The summed E-state index contributed by atoms with van der Waals surface area (Å²) < 4.78 is 4.88. The summed E-state index contributed by atoms with van der Waals surface area (Å²) >= 11 is 0. The first-order valence-electron chi connectivity index (χ1n) is 16.2. The van der Waals surface area contributed by atoms with E-state index in [1.165, 1.54) is 54.4 Å². The van der Waals surface area contributed by atoms with E-state index < -0.39 is 0 Å². The Kier molecular flexibility index (Phi) is 5.84. The molecule has 4 heterocycles. The standard InChI is InChI=1S/C44H28N4/c1-2-12-33(13-3-1)47-41-16-6-4-14-35(41)37-18-21-40-39(43(37)47)20-19-38-36-15-5-7-17-42(36)48(44(38)40)34-25-31(29-10-8-22-45-27-29)24-32(26-34)30-11-9-23-46-28-30/h1-28H. The number of fused-ring (bicyclic) bond motifs is 9. The molecule has 0 fully saturated rings. The summed E-state index contributed by atoms with van der Waals surface area (Å²) in [5, 5.41) is 7.40. The van der Waals surface area contributed by atoms with Crippen LogP contribution >= 0.6 is 0 Å². The zero-order valence-electron chi connectivity index (χ0n) is 26.0. The minimum absolute atomic E-state index is 1.07. The molecule has 0 N–H and O–H groups in total. The van der Waals surface area contributed by atoms with Crippen molar-refractivity contribution in [1.82, 2.24) is 19.1 Å². The number of para-hydroxylation sites is 3. The van der Waals surface area contributed by atoms with Gasteiger partial charge in [-0.3, -0.25) is 9.97 Å². The number of aromatic nitrogens is 4. The average molecular weight is 613 g/mol. The fraction of sp³-hybridized carbons (Fsp3) is 0. The molecular weight excluding hydrogens is 585 g/mol. The Labute approximate surface area is 276 Å². The molecule has 0 bridgehead atoms. The molecule has 0 unspecified atom stereocenters. The zero-order valence-corrected chi connectivity index (χ0v) is 26.0. The van der Waals surface area contributed by atoms with Gasteiger partial charge in [0.25, 0.3) is 0 Å². The molecule has 4 nitrogen and oxygen atoms in total. The Hall–Kier alpha value is -6.52. The van der Waals surface area contributed by atoms with Crippen LogP contribution in [0.1, 0.15) is 0 Å². The lowest BCUT2D eigenvalue weighted by Crippen LogP contribution is -1.97. The highest BCUT2D eigenvalue weighted by Gasteiger charge is 2.20. The van der Waals surface area contributed by atoms with Gasteiger partial charge in [-0.1, -0.05) is 91.0 Å². The molecule has 0 saturated carbocycles. The average Bonchev–Trinajstić information content (AvgIpc) is 3.69. The first-order chi connectivity index (χ1) is 23.8. The Morgan fingerprint density at radius 1 is 0.333 bits per heavy atom. The van der Waals surface area contributed by atoms with Gasteiger partial charge in [-0.15, -0.1) is 0 Å². The summed E-state index contributed by atoms with van der Waals surface area (Å²) in [5.74, 6) is 0. The highest BCUT2D eigenvalue weighted by atomic mass is 15.0. The molecular formula is C44H28N4. The Bertz CT molecular complexity index is 2760. The third-order valence-corrected chi connectivity index (χ3v) is 9.64. The molecule has 6 aromatic carbocycles. The molecule has 48 heavy (non-hydrogen) atoms. The summed E-state index contributed by atoms with van der Waals surface area (Å²) in [7, 11) is 0. The number of benzene rings is 6. The molecule has 0 aliphatic rings. The van der Waals surface area contributed by atoms with Gasteiger partial charge in [0.1, 0.15) is 0 Å². The summed E-state index contributed by atoms with van der Waals surface area (Å²) in [4.78, 5) is 8.91. The lowest BCUT2D eigenvalue weighted by Gasteiger charge is -2.15. The van der Waals surface area contributed by atoms with E-state index in [0.29, 0.717) is 0 Å². The molecule has 0 aliphatic heterocycles. The molecule has 10 rings (SSSR count). The number of nitrogens with zero attached hydrogens (tertiary/aromatic N) is 4. The number of hydrogen-bond donors (Lipinski definition) is 0. The normalized spacial score (nSPS) is 11.8. The smallest absolute Gasteiger partial charge is 0.0620 e. The van der Waals surface area contributed by atoms with Crippen LogP contribution in [0.2, 0.25) is 0 Å². The first kappa shape index (κ1) is 26.7. The second-order valence-electron chi connectivity index (χ2n) is 12.3. The largest absolute Gasteiger partial charge is 0.309 e. The van der Waals surface area contributed by atoms with Crippen LogP contribution in [0.25, 0.3) is 88.0 Å². The van der Waals surface area contributed by atoms with Crippen LogP contribution in [0, 0.1) is 0 Å². The molecule has 0 amide bonds. The molecule has 4 heteroatoms. The highest BCUT2D eigenvalue weighted by molar-refractivity contribution is 6.26. The van der Waals surface area contributed by atoms with Crippen LogP contribution < -0.4 is 0 Å². The third-order valence-electron chi connectivity index (χ3n) is 9.64. The molecule has 4 aromatic heterocycles. The van der Waals surface area contributed by atoms with E-state index >= 15 is 0 Å². The van der Waals surface area contributed by atoms with Gasteiger partial charge < -0.3 is 9.13 Å². The van der Waals surface area contributed by atoms with Crippen molar-refractivity contribution in [2.24, 2.45) is 0 Å². The second kappa shape index (κ2) is 10.5. The monoisotopic (exact) mass is 612 g/mol. The van der Waals surface area contributed by atoms with Crippen LogP contribution in [0.3, 0.4) is 0 Å². The third kappa shape index (κ3) is 3.96. The van der Waals surface area contributed by atoms with Gasteiger partial charge in [0, 0.05) is 79.6 Å². The molecule has 0 radical (unpaired) electrons. The van der Waals surface area contributed by atoms with Gasteiger partial charge in [-0.25, -0.2) is 0 Å². The first-order valence-corrected chi connectivity index (χ1v) is 16.2. The Balaban J connectivity index is 1.36. The predicted molar refractivity (Wildman–Crippen MR) is 199 cm³/mol. The Morgan fingerprint density at radius 2 is 0.792 bits per heavy atom. The van der Waals surface area contributed by atoms with Crippen molar-refractivity contribution in [1.29, 1.82) is 0 Å². The van der Waals surface area contributed by atoms with E-state index in [1.54, 1.807) is 0 Å². The van der Waals surface area contributed by atoms with E-state index in [-0.39, 0.29) is 0 Å². The lowest BCUT2D eigenvalue weighted by atomic mass is 9.99. The van der Waals surface area contributed by atoms with Gasteiger partial charge >= 0.3 is 0 Å². The van der Waals surface area contributed by atoms with E-state index in [2.05, 4.69) is 153 Å². The van der Waals surface area contributed by atoms with E-state index in [4.69, 9.17) is 0 Å². The predicted octanol–water partition coefficient (Wildman–Crippen LogP) is 11.2. The summed E-state index contributed by atoms with van der Waals surface area (Å²) in [6.45, 7) is 0. The van der Waals surface area contributed by atoms with Crippen LogP contribution in [-0.2, 0) is 0 Å². The van der Waals surface area contributed by atoms with E-state index in [0.717, 1.165) is 33.6 Å². The SMILES string of the molecule is c1ccc(-n2c3ccccc3c3ccc4c(ccc5c6ccccc6n(-c6cc(-c7cccnc7)cc(-c7cccnc7)c6)c54)c32)cc1. The minimum atomic E-state index is 1.07. The molecule has 0 spiro atoms. The van der Waals surface area contributed by atoms with Crippen molar-refractivity contribution < 1.29 is 0 Å². The minimum Gasteiger partial charge on any atom is -0.309 e. The van der Waals surface area contributed by atoms with Crippen molar-refractivity contribution in [2.45, 2.75) is 0 Å². The molecule has 224 valence electrons. The maximum absolute atomic E-state index is 4.46. The number of hydrogen-bond acceptors (Lipinski definition) is 2. The molecule has 0 saturated heterocycles. The topological polar surface area (TPSA) is 35.6 Å². The van der Waals surface area contributed by atoms with Crippen molar-refractivity contribution in [3.05, 3.63) is 170 Å².